The molecule has 0 radical (unpaired) electrons. The Labute approximate surface area is 384 Å². The second kappa shape index (κ2) is 13.7. The van der Waals surface area contributed by atoms with Crippen LogP contribution < -0.4 is 4.90 Å². The largest absolute Gasteiger partial charge is 0.456 e. The van der Waals surface area contributed by atoms with Crippen molar-refractivity contribution >= 4 is 39.0 Å². The van der Waals surface area contributed by atoms with Crippen molar-refractivity contribution < 1.29 is 4.42 Å². The van der Waals surface area contributed by atoms with Crippen molar-refractivity contribution in [2.75, 3.05) is 4.90 Å². The predicted octanol–water partition coefficient (Wildman–Crippen LogP) is 17.0. The van der Waals surface area contributed by atoms with Crippen LogP contribution in [0.4, 0.5) is 17.1 Å². The Morgan fingerprint density at radius 2 is 0.909 bits per heavy atom. The Morgan fingerprint density at radius 3 is 1.73 bits per heavy atom. The standard InChI is InChI=1S/C64H43NO/c1-63(2)52-23-10-6-18-46(52)48-37-35-44(39-56(48)63)65(43-33-30-41(31-34-43)45-22-14-29-60-61(45)51-21-9-13-28-59(51)66-60)58-27-15-26-55-62(58)50-20-8-12-25-54(50)64(55)53-24-11-7-19-47(53)49-36-32-42(38-57(49)64)40-16-4-3-5-17-40/h3-39H,1-2H3. The molecule has 1 aromatic heterocycles. The quantitative estimate of drug-likeness (QED) is 0.172. The van der Waals surface area contributed by atoms with Gasteiger partial charge in [-0.05, 0) is 132 Å². The van der Waals surface area contributed by atoms with E-state index in [9.17, 15) is 0 Å². The van der Waals surface area contributed by atoms with Gasteiger partial charge < -0.3 is 9.32 Å². The molecule has 14 rings (SSSR count). The second-order valence-electron chi connectivity index (χ2n) is 18.7. The first-order valence-corrected chi connectivity index (χ1v) is 23.1. The summed E-state index contributed by atoms with van der Waals surface area (Å²) in [6.07, 6.45) is 0. The van der Waals surface area contributed by atoms with Crippen molar-refractivity contribution in [1.29, 1.82) is 0 Å². The maximum absolute atomic E-state index is 6.34. The van der Waals surface area contributed by atoms with E-state index in [4.69, 9.17) is 4.42 Å². The summed E-state index contributed by atoms with van der Waals surface area (Å²) < 4.78 is 6.34. The highest BCUT2D eigenvalue weighted by atomic mass is 16.3. The topological polar surface area (TPSA) is 16.4 Å². The fourth-order valence-electron chi connectivity index (χ4n) is 12.2. The highest BCUT2D eigenvalue weighted by Gasteiger charge is 2.52. The minimum Gasteiger partial charge on any atom is -0.456 e. The van der Waals surface area contributed by atoms with Crippen LogP contribution in [0.2, 0.25) is 0 Å². The van der Waals surface area contributed by atoms with Gasteiger partial charge in [-0.2, -0.15) is 0 Å². The van der Waals surface area contributed by atoms with Crippen LogP contribution in [-0.2, 0) is 10.8 Å². The lowest BCUT2D eigenvalue weighted by molar-refractivity contribution is 0.660. The number of hydrogen-bond donors (Lipinski definition) is 0. The molecule has 3 aliphatic rings. The van der Waals surface area contributed by atoms with Gasteiger partial charge in [-0.25, -0.2) is 0 Å². The number of anilines is 3. The maximum atomic E-state index is 6.34. The van der Waals surface area contributed by atoms with Crippen LogP contribution in [0.1, 0.15) is 47.2 Å². The zero-order chi connectivity index (χ0) is 43.7. The molecule has 3 aliphatic carbocycles. The first kappa shape index (κ1) is 37.2. The van der Waals surface area contributed by atoms with Gasteiger partial charge in [0.05, 0.1) is 11.1 Å². The molecule has 2 heteroatoms. The van der Waals surface area contributed by atoms with Crippen LogP contribution in [0, 0.1) is 0 Å². The van der Waals surface area contributed by atoms with Gasteiger partial charge in [0.15, 0.2) is 0 Å². The summed E-state index contributed by atoms with van der Waals surface area (Å²) in [5, 5.41) is 2.28. The van der Waals surface area contributed by atoms with Gasteiger partial charge in [0.25, 0.3) is 0 Å². The molecule has 0 amide bonds. The van der Waals surface area contributed by atoms with Gasteiger partial charge in [-0.3, -0.25) is 0 Å². The smallest absolute Gasteiger partial charge is 0.136 e. The molecule has 0 bridgehead atoms. The van der Waals surface area contributed by atoms with Gasteiger partial charge in [-0.15, -0.1) is 0 Å². The molecule has 0 fully saturated rings. The molecule has 1 unspecified atom stereocenters. The Hall–Kier alpha value is -8.20. The SMILES string of the molecule is CC1(C)c2ccccc2-c2ccc(N(c3ccc(-c4cccc5oc6ccccc6c45)cc3)c3cccc4c3-c3ccccc3C43c4ccccc4-c4ccc(-c5ccccc5)cc43)cc21. The maximum Gasteiger partial charge on any atom is 0.136 e. The number of para-hydroxylation sites is 1. The summed E-state index contributed by atoms with van der Waals surface area (Å²) >= 11 is 0. The van der Waals surface area contributed by atoms with Crippen LogP contribution in [0.15, 0.2) is 229 Å². The third kappa shape index (κ3) is 4.96. The zero-order valence-corrected chi connectivity index (χ0v) is 36.7. The van der Waals surface area contributed by atoms with E-state index in [0.29, 0.717) is 0 Å². The molecule has 66 heavy (non-hydrogen) atoms. The lowest BCUT2D eigenvalue weighted by atomic mass is 9.70. The van der Waals surface area contributed by atoms with Gasteiger partial charge in [0.2, 0.25) is 0 Å². The Bertz CT molecular complexity index is 3800. The van der Waals surface area contributed by atoms with Gasteiger partial charge in [0.1, 0.15) is 11.2 Å². The number of fused-ring (bicyclic) bond motifs is 16. The van der Waals surface area contributed by atoms with Crippen LogP contribution in [0.5, 0.6) is 0 Å². The molecule has 0 saturated heterocycles. The van der Waals surface area contributed by atoms with E-state index < -0.39 is 5.41 Å². The van der Waals surface area contributed by atoms with Crippen molar-refractivity contribution in [2.45, 2.75) is 24.7 Å². The second-order valence-corrected chi connectivity index (χ2v) is 18.7. The van der Waals surface area contributed by atoms with E-state index in [-0.39, 0.29) is 5.41 Å². The number of rotatable bonds is 5. The molecule has 11 aromatic rings. The van der Waals surface area contributed by atoms with E-state index in [1.807, 2.05) is 6.07 Å². The minimum atomic E-state index is -0.512. The number of furan rings is 1. The first-order chi connectivity index (χ1) is 32.5. The first-order valence-electron chi connectivity index (χ1n) is 23.1. The average Bonchev–Trinajstić information content (AvgIpc) is 4.07. The van der Waals surface area contributed by atoms with Crippen LogP contribution in [-0.4, -0.2) is 0 Å². The molecule has 1 spiro atoms. The fourth-order valence-corrected chi connectivity index (χ4v) is 12.2. The molecule has 0 aliphatic heterocycles. The van der Waals surface area contributed by atoms with E-state index in [0.717, 1.165) is 50.1 Å². The monoisotopic (exact) mass is 841 g/mol. The lowest BCUT2D eigenvalue weighted by Gasteiger charge is -2.32. The highest BCUT2D eigenvalue weighted by Crippen LogP contribution is 2.65. The summed E-state index contributed by atoms with van der Waals surface area (Å²) in [4.78, 5) is 2.52. The fraction of sp³-hybridized carbons (Fsp3) is 0.0625. The predicted molar refractivity (Wildman–Crippen MR) is 273 cm³/mol. The van der Waals surface area contributed by atoms with E-state index in [2.05, 4.69) is 237 Å². The summed E-state index contributed by atoms with van der Waals surface area (Å²) in [6, 6.07) is 83.3. The van der Waals surface area contributed by atoms with E-state index >= 15 is 0 Å². The minimum absolute atomic E-state index is 0.160. The van der Waals surface area contributed by atoms with Crippen molar-refractivity contribution in [1.82, 2.24) is 0 Å². The lowest BCUT2D eigenvalue weighted by Crippen LogP contribution is -2.26. The zero-order valence-electron chi connectivity index (χ0n) is 36.7. The van der Waals surface area contributed by atoms with Gasteiger partial charge in [-0.1, -0.05) is 190 Å². The number of nitrogens with zero attached hydrogens (tertiary/aromatic N) is 1. The Morgan fingerprint density at radius 1 is 0.348 bits per heavy atom. The highest BCUT2D eigenvalue weighted by molar-refractivity contribution is 6.12. The van der Waals surface area contributed by atoms with Crippen molar-refractivity contribution in [3.8, 4) is 55.6 Å². The molecule has 310 valence electrons. The van der Waals surface area contributed by atoms with Crippen LogP contribution >= 0.6 is 0 Å². The Balaban J connectivity index is 1.02. The van der Waals surface area contributed by atoms with Crippen LogP contribution in [0.3, 0.4) is 0 Å². The third-order valence-electron chi connectivity index (χ3n) is 15.1. The summed E-state index contributed by atoms with van der Waals surface area (Å²) in [7, 11) is 0. The normalized spacial score (nSPS) is 15.6. The number of benzene rings is 10. The molecule has 0 N–H and O–H groups in total. The molecular weight excluding hydrogens is 799 g/mol. The van der Waals surface area contributed by atoms with Crippen LogP contribution in [0.25, 0.3) is 77.6 Å². The summed E-state index contributed by atoms with van der Waals surface area (Å²) in [5.41, 5.74) is 25.1. The van der Waals surface area contributed by atoms with Crippen molar-refractivity contribution in [2.24, 2.45) is 0 Å². The third-order valence-corrected chi connectivity index (χ3v) is 15.1. The number of hydrogen-bond acceptors (Lipinski definition) is 2. The van der Waals surface area contributed by atoms with Gasteiger partial charge >= 0.3 is 0 Å². The van der Waals surface area contributed by atoms with E-state index in [1.165, 1.54) is 77.9 Å². The molecule has 2 nitrogen and oxygen atoms in total. The van der Waals surface area contributed by atoms with E-state index in [1.54, 1.807) is 0 Å². The van der Waals surface area contributed by atoms with Gasteiger partial charge in [0, 0.05) is 33.1 Å². The molecule has 1 heterocycles. The van der Waals surface area contributed by atoms with Crippen molar-refractivity contribution in [3.05, 3.63) is 258 Å². The molecule has 0 saturated carbocycles. The molecule has 1 atom stereocenters. The Kier molecular flexibility index (Phi) is 7.70. The summed E-state index contributed by atoms with van der Waals surface area (Å²) in [5.74, 6) is 0. The summed E-state index contributed by atoms with van der Waals surface area (Å²) in [6.45, 7) is 4.75. The van der Waals surface area contributed by atoms with Crippen molar-refractivity contribution in [3.63, 3.8) is 0 Å². The molecule has 10 aromatic carbocycles. The average molecular weight is 842 g/mol. The molecular formula is C64H43NO.